The molecule has 0 saturated carbocycles. The van der Waals surface area contributed by atoms with Crippen molar-refractivity contribution < 1.29 is 33.3 Å². The van der Waals surface area contributed by atoms with Crippen molar-refractivity contribution in [1.82, 2.24) is 4.57 Å². The van der Waals surface area contributed by atoms with Crippen LogP contribution in [0.1, 0.15) is 37.9 Å². The van der Waals surface area contributed by atoms with Gasteiger partial charge in [-0.15, -0.1) is 0 Å². The molecule has 232 valence electrons. The largest absolute Gasteiger partial charge is 0.490 e. The fourth-order valence-electron chi connectivity index (χ4n) is 4.51. The number of allylic oxidation sites excluding steroid dienone is 1. The van der Waals surface area contributed by atoms with Crippen molar-refractivity contribution in [2.24, 2.45) is 4.99 Å². The first-order valence-electron chi connectivity index (χ1n) is 13.5. The van der Waals surface area contributed by atoms with Crippen LogP contribution in [0.2, 0.25) is 0 Å². The van der Waals surface area contributed by atoms with Gasteiger partial charge >= 0.3 is 11.9 Å². The number of carbonyl (C=O) groups is 2. The lowest BCUT2D eigenvalue weighted by Gasteiger charge is -2.25. The number of halogens is 2. The maximum Gasteiger partial charge on any atom is 0.343 e. The summed E-state index contributed by atoms with van der Waals surface area (Å²) >= 11 is 6.92. The number of esters is 2. The topological polar surface area (TPSA) is 115 Å². The van der Waals surface area contributed by atoms with Crippen LogP contribution in [0.3, 0.4) is 0 Å². The van der Waals surface area contributed by atoms with Crippen LogP contribution in [-0.2, 0) is 19.1 Å². The molecule has 44 heavy (non-hydrogen) atoms. The molecule has 0 radical (unpaired) electrons. The van der Waals surface area contributed by atoms with Crippen molar-refractivity contribution in [3.05, 3.63) is 93.1 Å². The number of fused-ring (bicyclic) bond motifs is 1. The molecule has 0 aliphatic carbocycles. The first-order chi connectivity index (χ1) is 21.1. The van der Waals surface area contributed by atoms with Crippen LogP contribution in [0.4, 0.5) is 0 Å². The number of rotatable bonds is 12. The summed E-state index contributed by atoms with van der Waals surface area (Å²) in [5.74, 6) is 0.122. The Morgan fingerprint density at radius 3 is 2.59 bits per heavy atom. The lowest BCUT2D eigenvalue weighted by atomic mass is 9.95. The maximum atomic E-state index is 14.1. The third-order valence-corrected chi connectivity index (χ3v) is 8.58. The Morgan fingerprint density at radius 2 is 1.91 bits per heavy atom. The van der Waals surface area contributed by atoms with Crippen molar-refractivity contribution in [3.63, 3.8) is 0 Å². The van der Waals surface area contributed by atoms with E-state index >= 15 is 0 Å². The van der Waals surface area contributed by atoms with Crippen LogP contribution in [0.15, 0.2) is 68.5 Å². The van der Waals surface area contributed by atoms with Crippen LogP contribution in [0, 0.1) is 3.57 Å². The molecule has 10 nitrogen and oxygen atoms in total. The standard InChI is InChI=1S/C31H30BrIN2O8S/c1-6-11-42-28-19(12-20(32)15-21(28)33)14-24-29(37)35-27(26(30(38)41-8-3)17(4)34-31(35)44-24)18-9-10-22(23(13-18)40-7-2)43-16-25(36)39-5/h6,9-10,12-15,27H,1,7-8,11,16H2,2-5H3/b24-14+/t27-/m1/s1. The van der Waals surface area contributed by atoms with Crippen LogP contribution in [-0.4, -0.2) is 50.0 Å². The van der Waals surface area contributed by atoms with Gasteiger partial charge in [0, 0.05) is 10.0 Å². The van der Waals surface area contributed by atoms with Gasteiger partial charge in [-0.3, -0.25) is 9.36 Å². The van der Waals surface area contributed by atoms with Gasteiger partial charge in [0.15, 0.2) is 22.9 Å². The van der Waals surface area contributed by atoms with Crippen molar-refractivity contribution in [3.8, 4) is 17.2 Å². The highest BCUT2D eigenvalue weighted by molar-refractivity contribution is 14.1. The molecule has 0 unspecified atom stereocenters. The molecule has 0 fully saturated rings. The second-order valence-electron chi connectivity index (χ2n) is 9.21. The van der Waals surface area contributed by atoms with Crippen LogP contribution < -0.4 is 29.1 Å². The van der Waals surface area contributed by atoms with Crippen molar-refractivity contribution in [2.75, 3.05) is 33.5 Å². The van der Waals surface area contributed by atoms with E-state index in [1.807, 2.05) is 19.1 Å². The molecule has 13 heteroatoms. The second kappa shape index (κ2) is 15.0. The summed E-state index contributed by atoms with van der Waals surface area (Å²) in [4.78, 5) is 44.2. The molecule has 1 aliphatic heterocycles. The van der Waals surface area contributed by atoms with E-state index in [-0.39, 0.29) is 24.3 Å². The first kappa shape index (κ1) is 33.5. The van der Waals surface area contributed by atoms with Gasteiger partial charge in [-0.25, -0.2) is 14.6 Å². The summed E-state index contributed by atoms with van der Waals surface area (Å²) in [6, 6.07) is 7.94. The Morgan fingerprint density at radius 1 is 1.14 bits per heavy atom. The predicted molar refractivity (Wildman–Crippen MR) is 178 cm³/mol. The molecule has 0 N–H and O–H groups in total. The quantitative estimate of drug-likeness (QED) is 0.148. The average molecular weight is 797 g/mol. The highest BCUT2D eigenvalue weighted by Crippen LogP contribution is 2.37. The SMILES string of the molecule is C=CCOc1c(I)cc(Br)cc1/C=c1/sc2n(c1=O)[C@H](c1ccc(OCC(=O)OC)c(OCC)c1)C(C(=O)OCC)=C(C)N=2. The van der Waals surface area contributed by atoms with Gasteiger partial charge in [0.05, 0.1) is 45.7 Å². The summed E-state index contributed by atoms with van der Waals surface area (Å²) in [6.45, 7) is 9.40. The minimum Gasteiger partial charge on any atom is -0.490 e. The van der Waals surface area contributed by atoms with Crippen molar-refractivity contribution in [2.45, 2.75) is 26.8 Å². The minimum atomic E-state index is -0.875. The van der Waals surface area contributed by atoms with E-state index in [1.54, 1.807) is 44.2 Å². The van der Waals surface area contributed by atoms with E-state index in [9.17, 15) is 14.4 Å². The number of benzene rings is 2. The van der Waals surface area contributed by atoms with E-state index in [1.165, 1.54) is 23.0 Å². The summed E-state index contributed by atoms with van der Waals surface area (Å²) < 4.78 is 31.0. The van der Waals surface area contributed by atoms with E-state index in [2.05, 4.69) is 54.8 Å². The van der Waals surface area contributed by atoms with Crippen molar-refractivity contribution >= 4 is 67.9 Å². The van der Waals surface area contributed by atoms with Crippen LogP contribution in [0.5, 0.6) is 17.2 Å². The summed E-state index contributed by atoms with van der Waals surface area (Å²) in [6.07, 6.45) is 3.41. The van der Waals surface area contributed by atoms with Gasteiger partial charge in [-0.1, -0.05) is 46.0 Å². The highest BCUT2D eigenvalue weighted by Gasteiger charge is 2.34. The monoisotopic (exact) mass is 796 g/mol. The smallest absolute Gasteiger partial charge is 0.343 e. The molecule has 1 atom stereocenters. The molecule has 0 spiro atoms. The predicted octanol–water partition coefficient (Wildman–Crippen LogP) is 4.68. The third kappa shape index (κ3) is 7.26. The normalized spacial score (nSPS) is 14.4. The number of hydrogen-bond acceptors (Lipinski definition) is 10. The minimum absolute atomic E-state index is 0.145. The fraction of sp³-hybridized carbons (Fsp3) is 0.290. The fourth-order valence-corrected chi connectivity index (χ4v) is 7.25. The number of ether oxygens (including phenoxy) is 5. The van der Waals surface area contributed by atoms with Crippen molar-refractivity contribution in [1.29, 1.82) is 0 Å². The number of thiazole rings is 1. The molecule has 1 aliphatic rings. The number of methoxy groups -OCH3 is 1. The van der Waals surface area contributed by atoms with E-state index in [0.29, 0.717) is 56.6 Å². The number of hydrogen-bond donors (Lipinski definition) is 0. The Hall–Kier alpha value is -3.43. The zero-order chi connectivity index (χ0) is 32.0. The van der Waals surface area contributed by atoms with Gasteiger partial charge in [0.25, 0.3) is 5.56 Å². The summed E-state index contributed by atoms with van der Waals surface area (Å²) in [5, 5.41) is 0. The Bertz CT molecular complexity index is 1810. The number of aromatic nitrogens is 1. The summed E-state index contributed by atoms with van der Waals surface area (Å²) in [7, 11) is 1.27. The van der Waals surface area contributed by atoms with Gasteiger partial charge in [0.2, 0.25) is 0 Å². The Kier molecular flexibility index (Phi) is 11.4. The Labute approximate surface area is 279 Å². The molecule has 0 saturated heterocycles. The highest BCUT2D eigenvalue weighted by atomic mass is 127. The number of carbonyl (C=O) groups excluding carboxylic acids is 2. The molecule has 2 aromatic carbocycles. The van der Waals surface area contributed by atoms with Gasteiger partial charge in [-0.05, 0) is 79.3 Å². The van der Waals surface area contributed by atoms with Gasteiger partial charge in [-0.2, -0.15) is 0 Å². The lowest BCUT2D eigenvalue weighted by Crippen LogP contribution is -2.40. The van der Waals surface area contributed by atoms with Crippen LogP contribution >= 0.6 is 49.9 Å². The van der Waals surface area contributed by atoms with Gasteiger partial charge in [0.1, 0.15) is 12.4 Å². The van der Waals surface area contributed by atoms with E-state index in [0.717, 1.165) is 8.04 Å². The number of nitrogens with zero attached hydrogens (tertiary/aromatic N) is 2. The molecule has 0 amide bonds. The lowest BCUT2D eigenvalue weighted by molar-refractivity contribution is -0.143. The first-order valence-corrected chi connectivity index (χ1v) is 16.2. The zero-order valence-corrected chi connectivity index (χ0v) is 29.0. The summed E-state index contributed by atoms with van der Waals surface area (Å²) in [5.41, 5.74) is 1.57. The molecule has 0 bridgehead atoms. The molecule has 3 aromatic rings. The average Bonchev–Trinajstić information content (AvgIpc) is 3.29. The molecule has 1 aromatic heterocycles. The maximum absolute atomic E-state index is 14.1. The molecular formula is C31H30BrIN2O8S. The zero-order valence-electron chi connectivity index (χ0n) is 24.5. The third-order valence-electron chi connectivity index (χ3n) is 6.34. The molecule has 4 rings (SSSR count). The van der Waals surface area contributed by atoms with E-state index in [4.69, 9.17) is 18.9 Å². The second-order valence-corrected chi connectivity index (χ2v) is 12.3. The van der Waals surface area contributed by atoms with E-state index < -0.39 is 18.0 Å². The molecular weight excluding hydrogens is 767 g/mol. The van der Waals surface area contributed by atoms with Gasteiger partial charge < -0.3 is 23.7 Å². The van der Waals surface area contributed by atoms with Crippen LogP contribution in [0.25, 0.3) is 6.08 Å². The molecule has 2 heterocycles. The Balaban J connectivity index is 1.93.